The van der Waals surface area contributed by atoms with E-state index in [0.29, 0.717) is 27.8 Å². The third-order valence-electron chi connectivity index (χ3n) is 4.72. The molecular weight excluding hydrogens is 487 g/mol. The van der Waals surface area contributed by atoms with Crippen molar-refractivity contribution in [1.29, 1.82) is 0 Å². The number of carbonyl (C=O) groups excluding carboxylic acids is 1. The van der Waals surface area contributed by atoms with Crippen LogP contribution in [0.4, 0.5) is 13.2 Å². The van der Waals surface area contributed by atoms with Gasteiger partial charge in [-0.3, -0.25) is 0 Å². The van der Waals surface area contributed by atoms with Crippen molar-refractivity contribution >= 4 is 29.1 Å². The second-order valence-electron chi connectivity index (χ2n) is 7.72. The number of benzene rings is 2. The molecular formula is C24H24F3NO4S2. The lowest BCUT2D eigenvalue weighted by Crippen LogP contribution is -2.39. The largest absolute Gasteiger partial charge is 0.476 e. The van der Waals surface area contributed by atoms with Crippen LogP contribution in [0.25, 0.3) is 10.6 Å². The Kier molecular flexibility index (Phi) is 8.27. The summed E-state index contributed by atoms with van der Waals surface area (Å²) in [6.45, 7) is 5.03. The summed E-state index contributed by atoms with van der Waals surface area (Å²) in [5.74, 6) is 0.614. The minimum atomic E-state index is -4.39. The van der Waals surface area contributed by atoms with Crippen LogP contribution in [0, 0.1) is 0 Å². The standard InChI is InChI=1S/C24H24F3NO4S2/c1-4-31-22(30)23(2,3)32-17-9-11-18(12-10-17)33-14-20-19(13-29)28-21(34-20)15-5-7-16(8-6-15)24(25,26)27/h5-12,29H,4,13-14H2,1-3H3. The van der Waals surface area contributed by atoms with E-state index in [-0.39, 0.29) is 13.2 Å². The fraction of sp³-hybridized carbons (Fsp3) is 0.333. The van der Waals surface area contributed by atoms with E-state index in [1.54, 1.807) is 32.9 Å². The van der Waals surface area contributed by atoms with Crippen molar-refractivity contribution in [2.24, 2.45) is 0 Å². The molecule has 1 aromatic heterocycles. The fourth-order valence-electron chi connectivity index (χ4n) is 2.94. The molecule has 0 atom stereocenters. The molecule has 5 nitrogen and oxygen atoms in total. The number of thiazole rings is 1. The van der Waals surface area contributed by atoms with Crippen LogP contribution in [0.5, 0.6) is 5.75 Å². The summed E-state index contributed by atoms with van der Waals surface area (Å²) in [6.07, 6.45) is -4.39. The Morgan fingerprint density at radius 2 is 1.74 bits per heavy atom. The third kappa shape index (κ3) is 6.52. The monoisotopic (exact) mass is 511 g/mol. The highest BCUT2D eigenvalue weighted by Gasteiger charge is 2.32. The first-order chi connectivity index (χ1) is 16.0. The molecule has 0 saturated heterocycles. The van der Waals surface area contributed by atoms with Gasteiger partial charge in [-0.25, -0.2) is 9.78 Å². The van der Waals surface area contributed by atoms with Crippen molar-refractivity contribution in [2.75, 3.05) is 6.61 Å². The summed E-state index contributed by atoms with van der Waals surface area (Å²) >= 11 is 2.86. The maximum absolute atomic E-state index is 12.8. The predicted octanol–water partition coefficient (Wildman–Crippen LogP) is 6.33. The molecule has 0 aliphatic rings. The van der Waals surface area contributed by atoms with Gasteiger partial charge in [0.2, 0.25) is 0 Å². The van der Waals surface area contributed by atoms with Crippen molar-refractivity contribution in [3.8, 4) is 16.3 Å². The number of aromatic nitrogens is 1. The van der Waals surface area contributed by atoms with Crippen LogP contribution in [0.15, 0.2) is 53.4 Å². The highest BCUT2D eigenvalue weighted by Crippen LogP contribution is 2.35. The molecule has 2 aromatic carbocycles. The summed E-state index contributed by atoms with van der Waals surface area (Å²) in [5, 5.41) is 10.2. The van der Waals surface area contributed by atoms with E-state index in [4.69, 9.17) is 9.47 Å². The Labute approximate surface area is 203 Å². The number of aliphatic hydroxyl groups is 1. The van der Waals surface area contributed by atoms with Gasteiger partial charge in [-0.15, -0.1) is 23.1 Å². The van der Waals surface area contributed by atoms with Crippen LogP contribution in [-0.2, 0) is 28.1 Å². The summed E-state index contributed by atoms with van der Waals surface area (Å²) in [7, 11) is 0. The maximum Gasteiger partial charge on any atom is 0.416 e. The number of thioether (sulfide) groups is 1. The van der Waals surface area contributed by atoms with Gasteiger partial charge in [-0.1, -0.05) is 12.1 Å². The molecule has 0 fully saturated rings. The molecule has 0 amide bonds. The average molecular weight is 512 g/mol. The fourth-order valence-corrected chi connectivity index (χ4v) is 5.02. The number of aliphatic hydroxyl groups excluding tert-OH is 1. The second kappa shape index (κ2) is 10.8. The first-order valence-corrected chi connectivity index (χ1v) is 12.2. The van der Waals surface area contributed by atoms with E-state index in [1.807, 2.05) is 12.1 Å². The van der Waals surface area contributed by atoms with Gasteiger partial charge >= 0.3 is 12.1 Å². The molecule has 1 N–H and O–H groups in total. The third-order valence-corrected chi connectivity index (χ3v) is 7.09. The Hall–Kier alpha value is -2.56. The quantitative estimate of drug-likeness (QED) is 0.267. The zero-order valence-electron chi connectivity index (χ0n) is 18.8. The maximum atomic E-state index is 12.8. The molecule has 0 spiro atoms. The van der Waals surface area contributed by atoms with Crippen LogP contribution in [0.2, 0.25) is 0 Å². The van der Waals surface area contributed by atoms with E-state index in [9.17, 15) is 23.1 Å². The number of halogens is 3. The number of hydrogen-bond acceptors (Lipinski definition) is 7. The van der Waals surface area contributed by atoms with E-state index in [0.717, 1.165) is 21.9 Å². The van der Waals surface area contributed by atoms with Crippen LogP contribution in [-0.4, -0.2) is 28.3 Å². The number of alkyl halides is 3. The number of rotatable bonds is 9. The van der Waals surface area contributed by atoms with Crippen molar-refractivity contribution < 1.29 is 32.5 Å². The zero-order chi connectivity index (χ0) is 24.9. The molecule has 0 unspecified atom stereocenters. The Bertz CT molecular complexity index is 1110. The average Bonchev–Trinajstić information content (AvgIpc) is 3.21. The normalized spacial score (nSPS) is 12.0. The van der Waals surface area contributed by atoms with Gasteiger partial charge in [0.25, 0.3) is 0 Å². The molecule has 1 heterocycles. The Morgan fingerprint density at radius 3 is 2.29 bits per heavy atom. The number of hydrogen-bond donors (Lipinski definition) is 1. The van der Waals surface area contributed by atoms with Crippen molar-refractivity contribution in [3.05, 3.63) is 64.7 Å². The van der Waals surface area contributed by atoms with E-state index < -0.39 is 23.3 Å². The SMILES string of the molecule is CCOC(=O)C(C)(C)Oc1ccc(SCc2sc(-c3ccc(C(F)(F)F)cc3)nc2CO)cc1. The van der Waals surface area contributed by atoms with Crippen LogP contribution >= 0.6 is 23.1 Å². The summed E-state index contributed by atoms with van der Waals surface area (Å²) in [6, 6.07) is 12.1. The van der Waals surface area contributed by atoms with Gasteiger partial charge in [0.05, 0.1) is 24.5 Å². The van der Waals surface area contributed by atoms with Gasteiger partial charge in [0.1, 0.15) is 10.8 Å². The van der Waals surface area contributed by atoms with Gasteiger partial charge in [0, 0.05) is 21.1 Å². The number of nitrogens with zero attached hydrogens (tertiary/aromatic N) is 1. The summed E-state index contributed by atoms with van der Waals surface area (Å²) in [5.41, 5.74) is -0.764. The number of carbonyl (C=O) groups is 1. The Morgan fingerprint density at radius 1 is 1.09 bits per heavy atom. The van der Waals surface area contributed by atoms with Crippen LogP contribution in [0.3, 0.4) is 0 Å². The molecule has 34 heavy (non-hydrogen) atoms. The van der Waals surface area contributed by atoms with Gasteiger partial charge in [-0.05, 0) is 57.2 Å². The lowest BCUT2D eigenvalue weighted by Gasteiger charge is -2.24. The molecule has 0 radical (unpaired) electrons. The zero-order valence-corrected chi connectivity index (χ0v) is 20.4. The summed E-state index contributed by atoms with van der Waals surface area (Å²) in [4.78, 5) is 18.2. The van der Waals surface area contributed by atoms with E-state index in [2.05, 4.69) is 4.98 Å². The molecule has 0 aliphatic heterocycles. The highest BCUT2D eigenvalue weighted by atomic mass is 32.2. The van der Waals surface area contributed by atoms with Crippen LogP contribution < -0.4 is 4.74 Å². The number of esters is 1. The van der Waals surface area contributed by atoms with E-state index in [1.165, 1.54) is 35.2 Å². The predicted molar refractivity (Wildman–Crippen MR) is 126 cm³/mol. The molecule has 0 aliphatic carbocycles. The molecule has 10 heteroatoms. The minimum Gasteiger partial charge on any atom is -0.476 e. The number of ether oxygens (including phenoxy) is 2. The second-order valence-corrected chi connectivity index (χ2v) is 9.85. The van der Waals surface area contributed by atoms with Crippen LogP contribution in [0.1, 0.15) is 36.9 Å². The van der Waals surface area contributed by atoms with Crippen molar-refractivity contribution in [1.82, 2.24) is 4.98 Å². The molecule has 3 aromatic rings. The molecule has 0 bridgehead atoms. The molecule has 0 saturated carbocycles. The lowest BCUT2D eigenvalue weighted by atomic mass is 10.1. The molecule has 3 rings (SSSR count). The van der Waals surface area contributed by atoms with E-state index >= 15 is 0 Å². The Balaban J connectivity index is 1.66. The topological polar surface area (TPSA) is 68.7 Å². The summed E-state index contributed by atoms with van der Waals surface area (Å²) < 4.78 is 49.2. The van der Waals surface area contributed by atoms with Crippen molar-refractivity contribution in [3.63, 3.8) is 0 Å². The smallest absolute Gasteiger partial charge is 0.416 e. The highest BCUT2D eigenvalue weighted by molar-refractivity contribution is 7.98. The first kappa shape index (κ1) is 26.1. The van der Waals surface area contributed by atoms with Gasteiger partial charge in [0.15, 0.2) is 5.60 Å². The van der Waals surface area contributed by atoms with Crippen molar-refractivity contribution in [2.45, 2.75) is 49.8 Å². The minimum absolute atomic E-state index is 0.261. The molecule has 182 valence electrons. The van der Waals surface area contributed by atoms with Gasteiger partial charge in [-0.2, -0.15) is 13.2 Å². The first-order valence-electron chi connectivity index (χ1n) is 10.4. The van der Waals surface area contributed by atoms with Gasteiger partial charge < -0.3 is 14.6 Å². The lowest BCUT2D eigenvalue weighted by molar-refractivity contribution is -0.158.